The Bertz CT molecular complexity index is 965. The molecular weight excluding hydrogens is 392 g/mol. The second-order valence-corrected chi connectivity index (χ2v) is 6.37. The Morgan fingerprint density at radius 3 is 2.19 bits per heavy atom. The van der Waals surface area contributed by atoms with E-state index in [1.165, 1.54) is 21.4 Å². The maximum Gasteiger partial charge on any atom is 0.261 e. The van der Waals surface area contributed by atoms with Crippen LogP contribution in [0.5, 0.6) is 0 Å². The molecule has 0 N–H and O–H groups in total. The number of fused-ring (bicyclic) bond motifs is 2. The summed E-state index contributed by atoms with van der Waals surface area (Å²) in [5.74, 6) is -0.362. The fraction of sp³-hybridized carbons (Fsp3) is 0.190. The standard InChI is InChI=1S/C21H19N2O2.BrH/c1-15-11-14-22(19-10-5-4-7-16(15)19)12-6-13-23-20(24)17-8-2-3-9-18(17)21(23)25;/h2-5,7-11,14H,6,12-13H2,1H3;1H/q+1;/p-1. The second kappa shape index (κ2) is 7.38. The van der Waals surface area contributed by atoms with Crippen molar-refractivity contribution in [3.63, 3.8) is 0 Å². The monoisotopic (exact) mass is 410 g/mol. The smallest absolute Gasteiger partial charge is 0.261 e. The van der Waals surface area contributed by atoms with Crippen molar-refractivity contribution in [2.75, 3.05) is 6.54 Å². The van der Waals surface area contributed by atoms with Crippen molar-refractivity contribution in [3.8, 4) is 0 Å². The summed E-state index contributed by atoms with van der Waals surface area (Å²) in [5, 5.41) is 1.23. The van der Waals surface area contributed by atoms with Gasteiger partial charge in [-0.25, -0.2) is 0 Å². The molecule has 0 bridgehead atoms. The summed E-state index contributed by atoms with van der Waals surface area (Å²) in [6, 6.07) is 17.4. The molecule has 1 aliphatic rings. The molecule has 132 valence electrons. The number of imide groups is 1. The van der Waals surface area contributed by atoms with Crippen LogP contribution in [-0.2, 0) is 6.54 Å². The summed E-state index contributed by atoms with van der Waals surface area (Å²) in [4.78, 5) is 26.2. The lowest BCUT2D eigenvalue weighted by Gasteiger charge is -2.12. The molecule has 0 atom stereocenters. The zero-order chi connectivity index (χ0) is 17.4. The third-order valence-electron chi connectivity index (χ3n) is 4.80. The quantitative estimate of drug-likeness (QED) is 0.453. The number of nitrogens with zero attached hydrogens (tertiary/aromatic N) is 2. The third kappa shape index (κ3) is 3.03. The van der Waals surface area contributed by atoms with E-state index >= 15 is 0 Å². The Morgan fingerprint density at radius 2 is 1.50 bits per heavy atom. The number of amides is 2. The lowest BCUT2D eigenvalue weighted by Crippen LogP contribution is -3.00. The Balaban J connectivity index is 0.00000196. The molecule has 2 aromatic carbocycles. The van der Waals surface area contributed by atoms with Crippen LogP contribution in [-0.4, -0.2) is 23.3 Å². The summed E-state index contributed by atoms with van der Waals surface area (Å²) in [5.41, 5.74) is 3.44. The first-order valence-corrected chi connectivity index (χ1v) is 8.50. The molecule has 0 spiro atoms. The van der Waals surface area contributed by atoms with E-state index in [4.69, 9.17) is 0 Å². The van der Waals surface area contributed by atoms with Gasteiger partial charge in [0.1, 0.15) is 0 Å². The van der Waals surface area contributed by atoms with Crippen LogP contribution in [0.2, 0.25) is 0 Å². The number of aryl methyl sites for hydroxylation is 2. The van der Waals surface area contributed by atoms with Gasteiger partial charge in [-0.15, -0.1) is 0 Å². The van der Waals surface area contributed by atoms with Crippen molar-refractivity contribution in [2.45, 2.75) is 19.9 Å². The number of benzene rings is 2. The molecule has 0 radical (unpaired) electrons. The van der Waals surface area contributed by atoms with E-state index in [9.17, 15) is 9.59 Å². The molecule has 0 saturated carbocycles. The van der Waals surface area contributed by atoms with Crippen molar-refractivity contribution in [3.05, 3.63) is 77.5 Å². The summed E-state index contributed by atoms with van der Waals surface area (Å²) >= 11 is 0. The first kappa shape index (κ1) is 18.3. The van der Waals surface area contributed by atoms with E-state index in [1.807, 2.05) is 12.1 Å². The number of carbonyl (C=O) groups is 2. The minimum Gasteiger partial charge on any atom is -1.00 e. The van der Waals surface area contributed by atoms with Gasteiger partial charge in [-0.05, 0) is 30.7 Å². The highest BCUT2D eigenvalue weighted by Gasteiger charge is 2.34. The molecular formula is C21H19BrN2O2. The molecule has 2 heterocycles. The van der Waals surface area contributed by atoms with E-state index in [0.717, 1.165) is 13.0 Å². The van der Waals surface area contributed by atoms with Gasteiger partial charge in [0, 0.05) is 30.5 Å². The highest BCUT2D eigenvalue weighted by atomic mass is 79.9. The summed E-state index contributed by atoms with van der Waals surface area (Å²) in [7, 11) is 0. The molecule has 1 aliphatic heterocycles. The maximum atomic E-state index is 12.4. The first-order chi connectivity index (χ1) is 12.2. The summed E-state index contributed by atoms with van der Waals surface area (Å²) < 4.78 is 2.18. The van der Waals surface area contributed by atoms with Gasteiger partial charge in [-0.3, -0.25) is 14.5 Å². The second-order valence-electron chi connectivity index (χ2n) is 6.37. The molecule has 0 saturated heterocycles. The van der Waals surface area contributed by atoms with Gasteiger partial charge < -0.3 is 17.0 Å². The van der Waals surface area contributed by atoms with Crippen LogP contribution >= 0.6 is 0 Å². The van der Waals surface area contributed by atoms with Crippen LogP contribution in [0.1, 0.15) is 32.7 Å². The Kier molecular flexibility index (Phi) is 5.18. The number of hydrogen-bond donors (Lipinski definition) is 0. The number of pyridine rings is 1. The summed E-state index contributed by atoms with van der Waals surface area (Å²) in [6.07, 6.45) is 2.79. The highest BCUT2D eigenvalue weighted by Crippen LogP contribution is 2.22. The molecule has 5 heteroatoms. The zero-order valence-corrected chi connectivity index (χ0v) is 16.1. The van der Waals surface area contributed by atoms with E-state index < -0.39 is 0 Å². The number of rotatable bonds is 4. The first-order valence-electron chi connectivity index (χ1n) is 8.50. The number of carbonyl (C=O) groups excluding carboxylic acids is 2. The number of hydrogen-bond acceptors (Lipinski definition) is 2. The van der Waals surface area contributed by atoms with Crippen molar-refractivity contribution in [1.82, 2.24) is 4.90 Å². The molecule has 4 rings (SSSR count). The van der Waals surface area contributed by atoms with Crippen LogP contribution < -0.4 is 21.5 Å². The van der Waals surface area contributed by atoms with Gasteiger partial charge in [-0.2, -0.15) is 4.57 Å². The number of aromatic nitrogens is 1. The maximum absolute atomic E-state index is 12.4. The minimum absolute atomic E-state index is 0. The molecule has 0 fully saturated rings. The summed E-state index contributed by atoms with van der Waals surface area (Å²) in [6.45, 7) is 3.29. The van der Waals surface area contributed by atoms with Crippen LogP contribution in [0.25, 0.3) is 10.9 Å². The van der Waals surface area contributed by atoms with Gasteiger partial charge in [0.25, 0.3) is 11.8 Å². The number of para-hydroxylation sites is 1. The van der Waals surface area contributed by atoms with E-state index in [2.05, 4.69) is 35.9 Å². The van der Waals surface area contributed by atoms with Gasteiger partial charge in [0.05, 0.1) is 11.1 Å². The van der Waals surface area contributed by atoms with Crippen LogP contribution in [0, 0.1) is 6.92 Å². The van der Waals surface area contributed by atoms with Crippen molar-refractivity contribution in [1.29, 1.82) is 0 Å². The molecule has 2 amide bonds. The lowest BCUT2D eigenvalue weighted by atomic mass is 10.1. The van der Waals surface area contributed by atoms with Crippen LogP contribution in [0.3, 0.4) is 0 Å². The van der Waals surface area contributed by atoms with Crippen LogP contribution in [0.4, 0.5) is 0 Å². The number of halogens is 1. The molecule has 26 heavy (non-hydrogen) atoms. The van der Waals surface area contributed by atoms with Gasteiger partial charge in [-0.1, -0.05) is 24.3 Å². The van der Waals surface area contributed by atoms with Gasteiger partial charge >= 0.3 is 0 Å². The predicted molar refractivity (Wildman–Crippen MR) is 95.3 cm³/mol. The van der Waals surface area contributed by atoms with Gasteiger partial charge in [0.15, 0.2) is 12.7 Å². The van der Waals surface area contributed by atoms with E-state index in [1.54, 1.807) is 24.3 Å². The third-order valence-corrected chi connectivity index (χ3v) is 4.80. The topological polar surface area (TPSA) is 41.3 Å². The average Bonchev–Trinajstić information content (AvgIpc) is 2.89. The fourth-order valence-corrected chi connectivity index (χ4v) is 3.47. The largest absolute Gasteiger partial charge is 1.00 e. The molecule has 4 nitrogen and oxygen atoms in total. The molecule has 1 aromatic heterocycles. The minimum atomic E-state index is -0.181. The van der Waals surface area contributed by atoms with E-state index in [0.29, 0.717) is 17.7 Å². The Morgan fingerprint density at radius 1 is 0.885 bits per heavy atom. The van der Waals surface area contributed by atoms with E-state index in [-0.39, 0.29) is 28.8 Å². The molecule has 0 unspecified atom stereocenters. The Hall–Kier alpha value is -2.53. The van der Waals surface area contributed by atoms with Gasteiger partial charge in [0.2, 0.25) is 5.52 Å². The molecule has 0 aliphatic carbocycles. The van der Waals surface area contributed by atoms with Crippen molar-refractivity contribution >= 4 is 22.7 Å². The predicted octanol–water partition coefficient (Wildman–Crippen LogP) is 0.126. The van der Waals surface area contributed by atoms with Crippen LogP contribution in [0.15, 0.2) is 60.8 Å². The lowest BCUT2D eigenvalue weighted by molar-refractivity contribution is -0.671. The Labute approximate surface area is 162 Å². The average molecular weight is 411 g/mol. The fourth-order valence-electron chi connectivity index (χ4n) is 3.47. The van der Waals surface area contributed by atoms with Crippen molar-refractivity contribution < 1.29 is 31.1 Å². The zero-order valence-electron chi connectivity index (χ0n) is 14.5. The highest BCUT2D eigenvalue weighted by molar-refractivity contribution is 6.21. The van der Waals surface area contributed by atoms with Crippen molar-refractivity contribution in [2.24, 2.45) is 0 Å². The SMILES string of the molecule is Cc1cc[n+](CCCN2C(=O)c3ccccc3C2=O)c2ccccc12.[Br-]. The molecule has 3 aromatic rings. The normalized spacial score (nSPS) is 13.0.